The van der Waals surface area contributed by atoms with E-state index in [0.29, 0.717) is 33.1 Å². The van der Waals surface area contributed by atoms with Crippen molar-refractivity contribution in [3.63, 3.8) is 0 Å². The highest BCUT2D eigenvalue weighted by molar-refractivity contribution is 6.41. The number of aliphatic hydroxyl groups is 1. The lowest BCUT2D eigenvalue weighted by Gasteiger charge is -2.20. The maximum Gasteiger partial charge on any atom is 0.223 e. The van der Waals surface area contributed by atoms with Crippen LogP contribution in [-0.4, -0.2) is 59.6 Å². The maximum absolute atomic E-state index is 10.2. The topological polar surface area (TPSA) is 79.7 Å². The molecule has 0 amide bonds. The smallest absolute Gasteiger partial charge is 0.223 e. The minimum absolute atomic E-state index is 0.172. The van der Waals surface area contributed by atoms with Gasteiger partial charge in [0.15, 0.2) is 0 Å². The summed E-state index contributed by atoms with van der Waals surface area (Å²) in [6.45, 7) is 5.28. The van der Waals surface area contributed by atoms with Crippen LogP contribution >= 0.6 is 23.2 Å². The summed E-state index contributed by atoms with van der Waals surface area (Å²) in [5.41, 5.74) is 2.41. The van der Waals surface area contributed by atoms with Gasteiger partial charge in [-0.3, -0.25) is 4.90 Å². The summed E-state index contributed by atoms with van der Waals surface area (Å²) in [6.07, 6.45) is 4.99. The summed E-state index contributed by atoms with van der Waals surface area (Å²) >= 11 is 13.2. The minimum Gasteiger partial charge on any atom is -0.495 e. The molecule has 1 aliphatic heterocycles. The molecule has 1 spiro atoms. The highest BCUT2D eigenvalue weighted by atomic mass is 35.5. The molecule has 2 atom stereocenters. The van der Waals surface area contributed by atoms with Crippen LogP contribution in [0.25, 0.3) is 22.0 Å². The normalized spacial score (nSPS) is 19.9. The average molecular weight is 501 g/mol. The second-order valence-electron chi connectivity index (χ2n) is 8.89. The predicted octanol–water partition coefficient (Wildman–Crippen LogP) is 5.00. The molecule has 2 N–H and O–H groups in total. The Kier molecular flexibility index (Phi) is 6.06. The summed E-state index contributed by atoms with van der Waals surface area (Å²) < 4.78 is 10.8. The monoisotopic (exact) mass is 500 g/mol. The Morgan fingerprint density at radius 2 is 1.91 bits per heavy atom. The molecular formula is C25H26Cl2N4O3. The molecule has 1 aliphatic carbocycles. The van der Waals surface area contributed by atoms with E-state index in [1.807, 2.05) is 23.1 Å². The Hall–Kier alpha value is -2.58. The van der Waals surface area contributed by atoms with Gasteiger partial charge in [-0.05, 0) is 36.6 Å². The van der Waals surface area contributed by atoms with Crippen LogP contribution in [-0.2, 0) is 0 Å². The highest BCUT2D eigenvalue weighted by Crippen LogP contribution is 2.54. The third-order valence-corrected chi connectivity index (χ3v) is 7.65. The molecule has 1 aromatic heterocycles. The molecule has 178 valence electrons. The lowest BCUT2D eigenvalue weighted by atomic mass is 10.0. The van der Waals surface area contributed by atoms with Crippen LogP contribution in [0.5, 0.6) is 11.5 Å². The average Bonchev–Trinajstić information content (AvgIpc) is 3.54. The quantitative estimate of drug-likeness (QED) is 0.441. The van der Waals surface area contributed by atoms with Gasteiger partial charge in [-0.15, -0.1) is 0 Å². The number of hydrogen-bond donors (Lipinski definition) is 2. The number of ether oxygens (including phenoxy) is 2. The number of benzene rings is 2. The number of likely N-dealkylation sites (tertiary alicyclic amines) is 1. The first-order valence-corrected chi connectivity index (χ1v) is 11.8. The molecule has 2 aromatic carbocycles. The molecule has 7 nitrogen and oxygen atoms in total. The summed E-state index contributed by atoms with van der Waals surface area (Å²) in [4.78, 5) is 11.3. The first-order valence-electron chi connectivity index (χ1n) is 11.1. The summed E-state index contributed by atoms with van der Waals surface area (Å²) in [6, 6.07) is 7.64. The Bertz CT molecular complexity index is 1240. The number of fused-ring (bicyclic) bond motifs is 1. The minimum atomic E-state index is -0.630. The number of aromatic nitrogens is 2. The van der Waals surface area contributed by atoms with Gasteiger partial charge in [0.25, 0.3) is 0 Å². The van der Waals surface area contributed by atoms with Crippen LogP contribution in [0.15, 0.2) is 43.1 Å². The first-order chi connectivity index (χ1) is 16.4. The number of rotatable bonds is 7. The Morgan fingerprint density at radius 3 is 2.53 bits per heavy atom. The van der Waals surface area contributed by atoms with E-state index in [4.69, 9.17) is 37.7 Å². The number of nitrogens with zero attached hydrogens (tertiary/aromatic N) is 3. The first kappa shape index (κ1) is 23.2. The molecular weight excluding hydrogens is 475 g/mol. The second kappa shape index (κ2) is 8.89. The van der Waals surface area contributed by atoms with Gasteiger partial charge in [0.1, 0.15) is 17.7 Å². The fraction of sp³-hybridized carbons (Fsp3) is 0.360. The molecule has 0 bridgehead atoms. The summed E-state index contributed by atoms with van der Waals surface area (Å²) in [5.74, 6) is 1.54. The fourth-order valence-corrected chi connectivity index (χ4v) is 5.50. The number of aliphatic hydroxyl groups excluding tert-OH is 1. The molecule has 3 aromatic rings. The lowest BCUT2D eigenvalue weighted by Crippen LogP contribution is -2.34. The lowest BCUT2D eigenvalue weighted by molar-refractivity contribution is 0.0572. The third kappa shape index (κ3) is 3.96. The van der Waals surface area contributed by atoms with Crippen molar-refractivity contribution in [3.8, 4) is 22.6 Å². The standard InChI is InChI=1S/C25H26Cl2N4O3/c1-4-20(32)31-12-19(25(13-31)7-8-25)30-24-28-11-15-9-14(5-6-16(15)29-24)21-22(26)17(33-2)10-18(34-3)23(21)27/h4-6,9-11,19-20,32H,1,7-8,12-13H2,2-3H3,(H,28,29,30)/t19-,20?/m1/s1. The van der Waals surface area contributed by atoms with Gasteiger partial charge in [0.05, 0.1) is 29.8 Å². The molecule has 1 unspecified atom stereocenters. The van der Waals surface area contributed by atoms with Gasteiger partial charge in [-0.25, -0.2) is 9.97 Å². The number of halogens is 2. The number of hydrogen-bond acceptors (Lipinski definition) is 7. The summed E-state index contributed by atoms with van der Waals surface area (Å²) in [7, 11) is 3.10. The van der Waals surface area contributed by atoms with E-state index in [1.54, 1.807) is 32.6 Å². The van der Waals surface area contributed by atoms with Crippen molar-refractivity contribution in [2.24, 2.45) is 5.41 Å². The van der Waals surface area contributed by atoms with Crippen LogP contribution < -0.4 is 14.8 Å². The van der Waals surface area contributed by atoms with Crippen molar-refractivity contribution < 1.29 is 14.6 Å². The Morgan fingerprint density at radius 1 is 1.21 bits per heavy atom. The summed E-state index contributed by atoms with van der Waals surface area (Å²) in [5, 5.41) is 15.4. The van der Waals surface area contributed by atoms with Gasteiger partial charge >= 0.3 is 0 Å². The molecule has 1 saturated carbocycles. The fourth-order valence-electron chi connectivity index (χ4n) is 4.78. The van der Waals surface area contributed by atoms with Crippen molar-refractivity contribution >= 4 is 40.1 Å². The number of nitrogens with one attached hydrogen (secondary N) is 1. The van der Waals surface area contributed by atoms with E-state index in [0.717, 1.165) is 42.4 Å². The van der Waals surface area contributed by atoms with E-state index in [9.17, 15) is 5.11 Å². The molecule has 34 heavy (non-hydrogen) atoms. The van der Waals surface area contributed by atoms with Crippen molar-refractivity contribution in [2.75, 3.05) is 32.6 Å². The van der Waals surface area contributed by atoms with E-state index in [2.05, 4.69) is 16.9 Å². The molecule has 2 aliphatic rings. The van der Waals surface area contributed by atoms with E-state index < -0.39 is 6.23 Å². The van der Waals surface area contributed by atoms with Crippen LogP contribution in [0, 0.1) is 5.41 Å². The van der Waals surface area contributed by atoms with Crippen LogP contribution in [0.2, 0.25) is 10.0 Å². The van der Waals surface area contributed by atoms with Gasteiger partial charge in [-0.1, -0.05) is 35.8 Å². The molecule has 0 radical (unpaired) electrons. The number of methoxy groups -OCH3 is 2. The Labute approximate surface area is 208 Å². The van der Waals surface area contributed by atoms with Crippen molar-refractivity contribution in [1.29, 1.82) is 0 Å². The molecule has 2 heterocycles. The van der Waals surface area contributed by atoms with Crippen molar-refractivity contribution in [3.05, 3.63) is 53.2 Å². The molecule has 1 saturated heterocycles. The van der Waals surface area contributed by atoms with E-state index in [1.165, 1.54) is 0 Å². The maximum atomic E-state index is 10.2. The van der Waals surface area contributed by atoms with Gasteiger partial charge in [0, 0.05) is 47.8 Å². The second-order valence-corrected chi connectivity index (χ2v) is 9.65. The third-order valence-electron chi connectivity index (χ3n) is 6.90. The van der Waals surface area contributed by atoms with Gasteiger partial charge < -0.3 is 19.9 Å². The zero-order valence-electron chi connectivity index (χ0n) is 19.0. The van der Waals surface area contributed by atoms with Crippen molar-refractivity contribution in [1.82, 2.24) is 14.9 Å². The Balaban J connectivity index is 1.44. The van der Waals surface area contributed by atoms with E-state index in [-0.39, 0.29) is 11.5 Å². The zero-order valence-corrected chi connectivity index (χ0v) is 20.5. The highest BCUT2D eigenvalue weighted by Gasteiger charge is 2.56. The van der Waals surface area contributed by atoms with Crippen LogP contribution in [0.3, 0.4) is 0 Å². The van der Waals surface area contributed by atoms with Gasteiger partial charge in [-0.2, -0.15) is 0 Å². The van der Waals surface area contributed by atoms with Gasteiger partial charge in [0.2, 0.25) is 5.95 Å². The largest absolute Gasteiger partial charge is 0.495 e. The van der Waals surface area contributed by atoms with Crippen LogP contribution in [0.1, 0.15) is 12.8 Å². The SMILES string of the molecule is C=CC(O)N1C[C@@H](Nc2ncc3cc(-c4c(Cl)c(OC)cc(OC)c4Cl)ccc3n2)C2(CC2)C1. The molecule has 5 rings (SSSR count). The van der Waals surface area contributed by atoms with E-state index >= 15 is 0 Å². The predicted molar refractivity (Wildman–Crippen MR) is 135 cm³/mol. The molecule has 9 heteroatoms. The zero-order chi connectivity index (χ0) is 24.0. The van der Waals surface area contributed by atoms with Crippen molar-refractivity contribution in [2.45, 2.75) is 25.1 Å². The molecule has 2 fully saturated rings. The van der Waals surface area contributed by atoms with Crippen LogP contribution in [0.4, 0.5) is 5.95 Å². The number of anilines is 1.